The van der Waals surface area contributed by atoms with E-state index < -0.39 is 10.0 Å². The molecule has 7 nitrogen and oxygen atoms in total. The van der Waals surface area contributed by atoms with Gasteiger partial charge in [-0.2, -0.15) is 4.31 Å². The van der Waals surface area contributed by atoms with E-state index in [2.05, 4.69) is 5.32 Å². The van der Waals surface area contributed by atoms with Crippen LogP contribution in [0.4, 0.5) is 4.79 Å². The lowest BCUT2D eigenvalue weighted by molar-refractivity contribution is 0.167. The fourth-order valence-electron chi connectivity index (χ4n) is 3.83. The van der Waals surface area contributed by atoms with Gasteiger partial charge < -0.3 is 15.0 Å². The predicted molar refractivity (Wildman–Crippen MR) is 119 cm³/mol. The largest absolute Gasteiger partial charge is 0.497 e. The molecule has 2 aromatic carbocycles. The number of halogens is 1. The van der Waals surface area contributed by atoms with Crippen molar-refractivity contribution in [1.29, 1.82) is 0 Å². The number of benzene rings is 2. The molecule has 2 aromatic rings. The Balaban J connectivity index is 1.37. The Bertz CT molecular complexity index is 1020. The second-order valence-corrected chi connectivity index (χ2v) is 10.3. The zero-order valence-electron chi connectivity index (χ0n) is 17.3. The monoisotopic (exact) mass is 463 g/mol. The standard InChI is InChI=1S/C22H26ClN3O4S/c1-30-19-8-10-20(11-9-19)31(28,29)26-14-12-25(13-15-26)22(27)24-21(16-2-3-16)17-4-6-18(23)7-5-17/h4-11,16,21H,2-3,12-15H2,1H3,(H,24,27)/t21-/m1/s1. The lowest BCUT2D eigenvalue weighted by Gasteiger charge is -2.35. The number of hydrogen-bond donors (Lipinski definition) is 1. The van der Waals surface area contributed by atoms with E-state index in [1.165, 1.54) is 11.4 Å². The Kier molecular flexibility index (Phi) is 6.41. The molecular formula is C22H26ClN3O4S. The van der Waals surface area contributed by atoms with Gasteiger partial charge >= 0.3 is 6.03 Å². The quantitative estimate of drug-likeness (QED) is 0.711. The molecule has 2 aliphatic rings. The third-order valence-corrected chi connectivity index (χ3v) is 7.99. The van der Waals surface area contributed by atoms with Crippen molar-refractivity contribution in [2.24, 2.45) is 5.92 Å². The molecule has 1 heterocycles. The van der Waals surface area contributed by atoms with E-state index in [0.29, 0.717) is 29.8 Å². The minimum absolute atomic E-state index is 0.0502. The van der Waals surface area contributed by atoms with Crippen LogP contribution in [0.5, 0.6) is 5.75 Å². The molecule has 9 heteroatoms. The Labute approximate surface area is 188 Å². The van der Waals surface area contributed by atoms with Gasteiger partial charge in [-0.3, -0.25) is 0 Å². The average Bonchev–Trinajstić information content (AvgIpc) is 3.63. The summed E-state index contributed by atoms with van der Waals surface area (Å²) in [5, 5.41) is 3.81. The molecule has 31 heavy (non-hydrogen) atoms. The van der Waals surface area contributed by atoms with Gasteiger partial charge in [0.2, 0.25) is 10.0 Å². The van der Waals surface area contributed by atoms with Crippen molar-refractivity contribution in [3.05, 3.63) is 59.1 Å². The molecule has 2 fully saturated rings. The van der Waals surface area contributed by atoms with Crippen LogP contribution < -0.4 is 10.1 Å². The van der Waals surface area contributed by atoms with Crippen LogP contribution in [-0.4, -0.2) is 56.9 Å². The number of sulfonamides is 1. The minimum atomic E-state index is -3.60. The van der Waals surface area contributed by atoms with E-state index in [-0.39, 0.29) is 30.1 Å². The summed E-state index contributed by atoms with van der Waals surface area (Å²) in [4.78, 5) is 14.8. The van der Waals surface area contributed by atoms with E-state index in [9.17, 15) is 13.2 Å². The molecule has 1 saturated heterocycles. The Hall–Kier alpha value is -2.29. The lowest BCUT2D eigenvalue weighted by Crippen LogP contribution is -2.53. The number of nitrogens with zero attached hydrogens (tertiary/aromatic N) is 2. The zero-order valence-corrected chi connectivity index (χ0v) is 18.9. The van der Waals surface area contributed by atoms with Gasteiger partial charge in [-0.05, 0) is 60.7 Å². The highest BCUT2D eigenvalue weighted by atomic mass is 35.5. The summed E-state index contributed by atoms with van der Waals surface area (Å²) in [5.74, 6) is 1.04. The lowest BCUT2D eigenvalue weighted by atomic mass is 10.0. The molecule has 1 aliphatic heterocycles. The number of ether oxygens (including phenoxy) is 1. The van der Waals surface area contributed by atoms with Crippen LogP contribution in [0.2, 0.25) is 5.02 Å². The van der Waals surface area contributed by atoms with Crippen molar-refractivity contribution in [3.8, 4) is 5.75 Å². The first kappa shape index (κ1) is 21.9. The van der Waals surface area contributed by atoms with Crippen LogP contribution in [0.25, 0.3) is 0 Å². The Morgan fingerprint density at radius 1 is 1.03 bits per heavy atom. The highest BCUT2D eigenvalue weighted by molar-refractivity contribution is 7.89. The molecule has 2 amide bonds. The normalized spacial score (nSPS) is 18.5. The third kappa shape index (κ3) is 4.97. The molecule has 0 spiro atoms. The molecule has 4 rings (SSSR count). The van der Waals surface area contributed by atoms with Crippen molar-refractivity contribution in [3.63, 3.8) is 0 Å². The second-order valence-electron chi connectivity index (χ2n) is 7.88. The van der Waals surface area contributed by atoms with Crippen LogP contribution in [0.1, 0.15) is 24.4 Å². The van der Waals surface area contributed by atoms with Gasteiger partial charge in [0.15, 0.2) is 0 Å². The number of rotatable bonds is 6. The average molecular weight is 464 g/mol. The van der Waals surface area contributed by atoms with Crippen molar-refractivity contribution < 1.29 is 17.9 Å². The number of hydrogen-bond acceptors (Lipinski definition) is 4. The van der Waals surface area contributed by atoms with Crippen LogP contribution >= 0.6 is 11.6 Å². The summed E-state index contributed by atoms with van der Waals surface area (Å²) in [5.41, 5.74) is 1.04. The maximum absolute atomic E-state index is 12.9. The number of carbonyl (C=O) groups excluding carboxylic acids is 1. The molecule has 0 unspecified atom stereocenters. The maximum atomic E-state index is 12.9. The molecular weight excluding hydrogens is 438 g/mol. The van der Waals surface area contributed by atoms with Crippen molar-refractivity contribution in [2.45, 2.75) is 23.8 Å². The van der Waals surface area contributed by atoms with E-state index in [1.807, 2.05) is 24.3 Å². The Morgan fingerprint density at radius 3 is 2.19 bits per heavy atom. The summed E-state index contributed by atoms with van der Waals surface area (Å²) in [6, 6.07) is 13.7. The molecule has 1 atom stereocenters. The number of piperazine rings is 1. The molecule has 0 bridgehead atoms. The van der Waals surface area contributed by atoms with E-state index >= 15 is 0 Å². The third-order valence-electron chi connectivity index (χ3n) is 5.82. The Morgan fingerprint density at radius 2 is 1.65 bits per heavy atom. The number of carbonyl (C=O) groups is 1. The first-order valence-electron chi connectivity index (χ1n) is 10.3. The van der Waals surface area contributed by atoms with E-state index in [4.69, 9.17) is 16.3 Å². The topological polar surface area (TPSA) is 79.0 Å². The highest BCUT2D eigenvalue weighted by Gasteiger charge is 2.36. The van der Waals surface area contributed by atoms with Gasteiger partial charge in [0.05, 0.1) is 18.0 Å². The molecule has 1 N–H and O–H groups in total. The fraction of sp³-hybridized carbons (Fsp3) is 0.409. The van der Waals surface area contributed by atoms with Gasteiger partial charge in [0, 0.05) is 31.2 Å². The van der Waals surface area contributed by atoms with Crippen LogP contribution in [0, 0.1) is 5.92 Å². The van der Waals surface area contributed by atoms with Gasteiger partial charge in [0.25, 0.3) is 0 Å². The van der Waals surface area contributed by atoms with Gasteiger partial charge in [0.1, 0.15) is 5.75 Å². The predicted octanol–water partition coefficient (Wildman–Crippen LogP) is 3.52. The first-order valence-corrected chi connectivity index (χ1v) is 12.2. The molecule has 0 radical (unpaired) electrons. The second kappa shape index (κ2) is 9.06. The zero-order chi connectivity index (χ0) is 22.0. The maximum Gasteiger partial charge on any atom is 0.317 e. The molecule has 166 valence electrons. The summed E-state index contributed by atoms with van der Waals surface area (Å²) in [7, 11) is -2.07. The first-order chi connectivity index (χ1) is 14.9. The number of nitrogens with one attached hydrogen (secondary N) is 1. The molecule has 1 aliphatic carbocycles. The number of amides is 2. The van der Waals surface area contributed by atoms with Gasteiger partial charge in [-0.1, -0.05) is 23.7 Å². The number of urea groups is 1. The highest BCUT2D eigenvalue weighted by Crippen LogP contribution is 2.41. The van der Waals surface area contributed by atoms with Crippen LogP contribution in [-0.2, 0) is 10.0 Å². The van der Waals surface area contributed by atoms with Gasteiger partial charge in [-0.25, -0.2) is 13.2 Å². The van der Waals surface area contributed by atoms with Crippen molar-refractivity contribution >= 4 is 27.7 Å². The summed E-state index contributed by atoms with van der Waals surface area (Å²) in [6.07, 6.45) is 2.17. The minimum Gasteiger partial charge on any atom is -0.497 e. The van der Waals surface area contributed by atoms with E-state index in [0.717, 1.165) is 18.4 Å². The van der Waals surface area contributed by atoms with Crippen LogP contribution in [0.15, 0.2) is 53.4 Å². The number of methoxy groups -OCH3 is 1. The fourth-order valence-corrected chi connectivity index (χ4v) is 5.37. The summed E-state index contributed by atoms with van der Waals surface area (Å²) in [6.45, 7) is 1.21. The van der Waals surface area contributed by atoms with Gasteiger partial charge in [-0.15, -0.1) is 0 Å². The van der Waals surface area contributed by atoms with E-state index in [1.54, 1.807) is 29.2 Å². The SMILES string of the molecule is COc1ccc(S(=O)(=O)N2CCN(C(=O)N[C@@H](c3ccc(Cl)cc3)C3CC3)CC2)cc1. The van der Waals surface area contributed by atoms with Crippen molar-refractivity contribution in [1.82, 2.24) is 14.5 Å². The smallest absolute Gasteiger partial charge is 0.317 e. The molecule has 0 aromatic heterocycles. The summed E-state index contributed by atoms with van der Waals surface area (Å²) < 4.78 is 32.3. The van der Waals surface area contributed by atoms with Crippen LogP contribution in [0.3, 0.4) is 0 Å². The summed E-state index contributed by atoms with van der Waals surface area (Å²) >= 11 is 5.99. The van der Waals surface area contributed by atoms with Crippen molar-refractivity contribution in [2.75, 3.05) is 33.3 Å². The molecule has 1 saturated carbocycles.